The van der Waals surface area contributed by atoms with Crippen LogP contribution in [0.5, 0.6) is 17.2 Å². The largest absolute Gasteiger partial charge is 0.486 e. The van der Waals surface area contributed by atoms with Crippen LogP contribution in [0.2, 0.25) is 0 Å². The third kappa shape index (κ3) is 4.23. The van der Waals surface area contributed by atoms with E-state index in [1.54, 1.807) is 24.3 Å². The smallest absolute Gasteiger partial charge is 0.337 e. The van der Waals surface area contributed by atoms with Crippen LogP contribution in [0.15, 0.2) is 54.6 Å². The number of hydrogen-bond donors (Lipinski definition) is 1. The highest BCUT2D eigenvalue weighted by Crippen LogP contribution is 2.30. The Kier molecular flexibility index (Phi) is 5.73. The van der Waals surface area contributed by atoms with E-state index in [9.17, 15) is 4.79 Å². The lowest BCUT2D eigenvalue weighted by molar-refractivity contribution is 0.0600. The van der Waals surface area contributed by atoms with Crippen molar-refractivity contribution in [3.63, 3.8) is 0 Å². The molecule has 32 heavy (non-hydrogen) atoms. The van der Waals surface area contributed by atoms with Crippen LogP contribution in [0.1, 0.15) is 27.3 Å². The number of aromatic nitrogens is 2. The van der Waals surface area contributed by atoms with Gasteiger partial charge in [-0.25, -0.2) is 9.78 Å². The van der Waals surface area contributed by atoms with Crippen LogP contribution < -0.4 is 15.2 Å². The Morgan fingerprint density at radius 1 is 1.00 bits per heavy atom. The molecule has 3 aromatic carbocycles. The zero-order chi connectivity index (χ0) is 22.8. The van der Waals surface area contributed by atoms with Crippen molar-refractivity contribution in [2.24, 2.45) is 7.05 Å². The molecular weight excluding hydrogens is 406 g/mol. The summed E-state index contributed by atoms with van der Waals surface area (Å²) >= 11 is 0. The molecule has 2 N–H and O–H groups in total. The fourth-order valence-corrected chi connectivity index (χ4v) is 3.52. The van der Waals surface area contributed by atoms with Crippen molar-refractivity contribution in [1.82, 2.24) is 9.55 Å². The number of aryl methyl sites for hydroxylation is 3. The topological polar surface area (TPSA) is 88.6 Å². The molecule has 0 radical (unpaired) electrons. The predicted octanol–water partition coefficient (Wildman–Crippen LogP) is 4.93. The van der Waals surface area contributed by atoms with Gasteiger partial charge in [0, 0.05) is 18.8 Å². The number of rotatable bonds is 6. The van der Waals surface area contributed by atoms with Gasteiger partial charge in [-0.2, -0.15) is 0 Å². The van der Waals surface area contributed by atoms with Gasteiger partial charge in [0.15, 0.2) is 0 Å². The molecule has 0 bridgehead atoms. The van der Waals surface area contributed by atoms with Gasteiger partial charge >= 0.3 is 5.97 Å². The Hall–Kier alpha value is -4.00. The fraction of sp³-hybridized carbons (Fsp3) is 0.200. The average Bonchev–Trinajstić information content (AvgIpc) is 3.10. The fourth-order valence-electron chi connectivity index (χ4n) is 3.52. The maximum Gasteiger partial charge on any atom is 0.337 e. The number of nitrogens with two attached hydrogens (primary N) is 1. The molecule has 0 spiro atoms. The summed E-state index contributed by atoms with van der Waals surface area (Å²) in [5.41, 5.74) is 11.0. The van der Waals surface area contributed by atoms with Crippen LogP contribution in [0.3, 0.4) is 0 Å². The first-order valence-electron chi connectivity index (χ1n) is 10.2. The van der Waals surface area contributed by atoms with E-state index < -0.39 is 5.97 Å². The van der Waals surface area contributed by atoms with Crippen LogP contribution in [0.25, 0.3) is 11.0 Å². The molecule has 4 aromatic rings. The maximum atomic E-state index is 11.7. The minimum atomic E-state index is -0.405. The molecule has 1 heterocycles. The van der Waals surface area contributed by atoms with E-state index in [1.807, 2.05) is 55.8 Å². The van der Waals surface area contributed by atoms with Crippen LogP contribution in [-0.2, 0) is 18.4 Å². The number of carbonyl (C=O) groups excluding carboxylic acids is 1. The van der Waals surface area contributed by atoms with Gasteiger partial charge in [-0.05, 0) is 67.4 Å². The molecule has 0 amide bonds. The molecule has 1 aromatic heterocycles. The standard InChI is InChI=1S/C25H25N3O4/c1-15-10-20(11-16(2)24(15)26)32-19-8-9-21-22(13-19)28(3)23(27-21)14-31-18-7-5-6-17(12-18)25(29)30-4/h5-13H,14,26H2,1-4H3. The molecule has 0 unspecified atom stereocenters. The number of esters is 1. The first-order chi connectivity index (χ1) is 15.4. The van der Waals surface area contributed by atoms with E-state index in [0.717, 1.165) is 39.4 Å². The number of carbonyl (C=O) groups is 1. The summed E-state index contributed by atoms with van der Waals surface area (Å²) in [6.45, 7) is 4.18. The number of benzene rings is 3. The zero-order valence-electron chi connectivity index (χ0n) is 18.5. The van der Waals surface area contributed by atoms with Gasteiger partial charge < -0.3 is 24.5 Å². The normalized spacial score (nSPS) is 10.9. The van der Waals surface area contributed by atoms with Crippen LogP contribution in [0.4, 0.5) is 5.69 Å². The summed E-state index contributed by atoms with van der Waals surface area (Å²) in [6.07, 6.45) is 0. The summed E-state index contributed by atoms with van der Waals surface area (Å²) in [5.74, 6) is 2.36. The molecule has 0 atom stereocenters. The van der Waals surface area contributed by atoms with Crippen LogP contribution >= 0.6 is 0 Å². The van der Waals surface area contributed by atoms with Gasteiger partial charge in [-0.15, -0.1) is 0 Å². The molecule has 0 saturated carbocycles. The number of methoxy groups -OCH3 is 1. The minimum Gasteiger partial charge on any atom is -0.486 e. The summed E-state index contributed by atoms with van der Waals surface area (Å²) < 4.78 is 18.7. The van der Waals surface area contributed by atoms with Gasteiger partial charge in [0.25, 0.3) is 0 Å². The summed E-state index contributed by atoms with van der Waals surface area (Å²) in [4.78, 5) is 16.4. The molecular formula is C25H25N3O4. The van der Waals surface area contributed by atoms with Gasteiger partial charge in [-0.3, -0.25) is 0 Å². The molecule has 0 aliphatic heterocycles. The summed E-state index contributed by atoms with van der Waals surface area (Å²) in [7, 11) is 3.28. The van der Waals surface area contributed by atoms with Crippen molar-refractivity contribution in [2.75, 3.05) is 12.8 Å². The van der Waals surface area contributed by atoms with Crippen LogP contribution in [-0.4, -0.2) is 22.6 Å². The average molecular weight is 431 g/mol. The summed E-state index contributed by atoms with van der Waals surface area (Å²) in [5, 5.41) is 0. The third-order valence-corrected chi connectivity index (χ3v) is 5.37. The third-order valence-electron chi connectivity index (χ3n) is 5.37. The van der Waals surface area contributed by atoms with Crippen molar-refractivity contribution in [2.45, 2.75) is 20.5 Å². The van der Waals surface area contributed by atoms with Crippen LogP contribution in [0, 0.1) is 13.8 Å². The highest BCUT2D eigenvalue weighted by atomic mass is 16.5. The Labute approximate surface area is 186 Å². The van der Waals surface area contributed by atoms with Gasteiger partial charge in [0.1, 0.15) is 29.7 Å². The van der Waals surface area contributed by atoms with Crippen molar-refractivity contribution >= 4 is 22.7 Å². The van der Waals surface area contributed by atoms with Gasteiger partial charge in [0.05, 0.1) is 23.7 Å². The molecule has 0 saturated heterocycles. The Bertz CT molecular complexity index is 1290. The quantitative estimate of drug-likeness (QED) is 0.344. The van der Waals surface area contributed by atoms with E-state index in [1.165, 1.54) is 7.11 Å². The zero-order valence-corrected chi connectivity index (χ0v) is 18.5. The van der Waals surface area contributed by atoms with Crippen molar-refractivity contribution in [3.8, 4) is 17.2 Å². The second kappa shape index (κ2) is 8.63. The number of ether oxygens (including phenoxy) is 3. The number of nitrogens with zero attached hydrogens (tertiary/aromatic N) is 2. The molecule has 0 fully saturated rings. The molecule has 164 valence electrons. The minimum absolute atomic E-state index is 0.252. The molecule has 0 aliphatic carbocycles. The lowest BCUT2D eigenvalue weighted by Crippen LogP contribution is -2.05. The number of fused-ring (bicyclic) bond motifs is 1. The Balaban J connectivity index is 1.54. The number of nitrogen functional groups attached to an aromatic ring is 1. The van der Waals surface area contributed by atoms with Crippen molar-refractivity contribution in [3.05, 3.63) is 77.1 Å². The van der Waals surface area contributed by atoms with E-state index in [-0.39, 0.29) is 6.61 Å². The van der Waals surface area contributed by atoms with Gasteiger partial charge in [0.2, 0.25) is 0 Å². The monoisotopic (exact) mass is 431 g/mol. The van der Waals surface area contributed by atoms with Gasteiger partial charge in [-0.1, -0.05) is 6.07 Å². The van der Waals surface area contributed by atoms with E-state index >= 15 is 0 Å². The Morgan fingerprint density at radius 3 is 2.47 bits per heavy atom. The lowest BCUT2D eigenvalue weighted by Gasteiger charge is -2.11. The second-order valence-electron chi connectivity index (χ2n) is 7.62. The molecule has 4 rings (SSSR count). The first-order valence-corrected chi connectivity index (χ1v) is 10.2. The predicted molar refractivity (Wildman–Crippen MR) is 123 cm³/mol. The SMILES string of the molecule is COC(=O)c1cccc(OCc2nc3ccc(Oc4cc(C)c(N)c(C)c4)cc3n2C)c1. The van der Waals surface area contributed by atoms with E-state index in [4.69, 9.17) is 19.9 Å². The van der Waals surface area contributed by atoms with E-state index in [2.05, 4.69) is 4.98 Å². The second-order valence-corrected chi connectivity index (χ2v) is 7.62. The number of imidazole rings is 1. The Morgan fingerprint density at radius 2 is 1.75 bits per heavy atom. The molecule has 7 nitrogen and oxygen atoms in total. The maximum absolute atomic E-state index is 11.7. The molecule has 0 aliphatic rings. The highest BCUT2D eigenvalue weighted by Gasteiger charge is 2.12. The van der Waals surface area contributed by atoms with Crippen molar-refractivity contribution in [1.29, 1.82) is 0 Å². The lowest BCUT2D eigenvalue weighted by atomic mass is 10.1. The number of hydrogen-bond acceptors (Lipinski definition) is 6. The number of anilines is 1. The van der Waals surface area contributed by atoms with E-state index in [0.29, 0.717) is 17.1 Å². The van der Waals surface area contributed by atoms with Crippen molar-refractivity contribution < 1.29 is 19.0 Å². The highest BCUT2D eigenvalue weighted by molar-refractivity contribution is 5.89. The summed E-state index contributed by atoms with van der Waals surface area (Å²) in [6, 6.07) is 16.5. The first kappa shape index (κ1) is 21.2. The molecule has 7 heteroatoms.